The SMILES string of the molecule is Nc1ccccc1NC(=O)CCCCC(=O)Nc1ccc([C@@H]2O[C@H](CSc3ccccn3)C[C@H](c3ccc(CO)cc3)O2)cc1. The zero-order valence-corrected chi connectivity index (χ0v) is 25.7. The summed E-state index contributed by atoms with van der Waals surface area (Å²) >= 11 is 1.65. The summed E-state index contributed by atoms with van der Waals surface area (Å²) in [4.78, 5) is 29.2. The van der Waals surface area contributed by atoms with Crippen LogP contribution in [0.25, 0.3) is 0 Å². The number of rotatable bonds is 13. The van der Waals surface area contributed by atoms with Crippen molar-refractivity contribution in [1.29, 1.82) is 0 Å². The number of aliphatic hydroxyl groups is 1. The van der Waals surface area contributed by atoms with Crippen LogP contribution in [-0.4, -0.2) is 33.8 Å². The van der Waals surface area contributed by atoms with Gasteiger partial charge in [0.15, 0.2) is 6.29 Å². The van der Waals surface area contributed by atoms with E-state index in [-0.39, 0.29) is 30.6 Å². The minimum atomic E-state index is -0.585. The summed E-state index contributed by atoms with van der Waals surface area (Å²) in [5.74, 6) is 0.481. The Labute approximate surface area is 267 Å². The van der Waals surface area contributed by atoms with Crippen molar-refractivity contribution < 1.29 is 24.2 Å². The van der Waals surface area contributed by atoms with Crippen LogP contribution in [-0.2, 0) is 25.7 Å². The van der Waals surface area contributed by atoms with E-state index < -0.39 is 6.29 Å². The van der Waals surface area contributed by atoms with Gasteiger partial charge in [0.2, 0.25) is 11.8 Å². The second-order valence-electron chi connectivity index (χ2n) is 10.8. The Morgan fingerprint density at radius 1 is 0.844 bits per heavy atom. The number of pyridine rings is 1. The molecule has 0 bridgehead atoms. The first-order valence-corrected chi connectivity index (χ1v) is 16.0. The molecule has 0 saturated carbocycles. The third kappa shape index (κ3) is 9.63. The van der Waals surface area contributed by atoms with Crippen LogP contribution >= 0.6 is 11.8 Å². The van der Waals surface area contributed by atoms with Crippen molar-refractivity contribution in [1.82, 2.24) is 4.98 Å². The van der Waals surface area contributed by atoms with Crippen LogP contribution in [0.5, 0.6) is 0 Å². The number of hydrogen-bond acceptors (Lipinski definition) is 8. The number of aliphatic hydroxyl groups excluding tert-OH is 1. The van der Waals surface area contributed by atoms with Gasteiger partial charge in [-0.2, -0.15) is 0 Å². The van der Waals surface area contributed by atoms with Gasteiger partial charge in [0.25, 0.3) is 0 Å². The molecule has 0 aliphatic carbocycles. The van der Waals surface area contributed by atoms with Gasteiger partial charge in [0.05, 0.1) is 35.2 Å². The predicted molar refractivity (Wildman–Crippen MR) is 176 cm³/mol. The standard InChI is InChI=1S/C35H38N4O5S/c36-29-7-1-2-8-30(29)39-33(42)10-4-3-9-32(41)38-27-18-16-26(17-19-27)35-43-28(23-45-34-11-5-6-20-37-34)21-31(44-35)25-14-12-24(22-40)13-15-25/h1-2,5-8,11-20,28,31,35,40H,3-4,9-10,21-23,36H2,(H,38,41)(H,39,42)/t28-,31+,35+/m0/s1. The Hall–Kier alpha value is -4.22. The Balaban J connectivity index is 1.13. The average molecular weight is 627 g/mol. The number of nitrogens with zero attached hydrogens (tertiary/aromatic N) is 1. The number of amides is 2. The lowest BCUT2D eigenvalue weighted by Crippen LogP contribution is -2.31. The molecule has 5 rings (SSSR count). The zero-order valence-electron chi connectivity index (χ0n) is 24.9. The van der Waals surface area contributed by atoms with Crippen molar-refractivity contribution in [2.24, 2.45) is 0 Å². The van der Waals surface area contributed by atoms with Crippen molar-refractivity contribution >= 4 is 40.6 Å². The molecular formula is C35H38N4O5S. The minimum absolute atomic E-state index is 0.00832. The van der Waals surface area contributed by atoms with Crippen LogP contribution in [0.3, 0.4) is 0 Å². The van der Waals surface area contributed by atoms with Crippen molar-refractivity contribution in [2.45, 2.75) is 62.2 Å². The summed E-state index contributed by atoms with van der Waals surface area (Å²) in [6, 6.07) is 28.3. The van der Waals surface area contributed by atoms with E-state index >= 15 is 0 Å². The summed E-state index contributed by atoms with van der Waals surface area (Å²) in [6.45, 7) is -0.00832. The maximum Gasteiger partial charge on any atom is 0.224 e. The van der Waals surface area contributed by atoms with Gasteiger partial charge in [-0.15, -0.1) is 11.8 Å². The number of nitrogens with one attached hydrogen (secondary N) is 2. The molecule has 4 aromatic rings. The van der Waals surface area contributed by atoms with Crippen LogP contribution in [0.2, 0.25) is 0 Å². The number of hydrogen-bond donors (Lipinski definition) is 4. The fourth-order valence-corrected chi connectivity index (χ4v) is 5.86. The van der Waals surface area contributed by atoms with Gasteiger partial charge in [-0.25, -0.2) is 4.98 Å². The molecule has 1 aromatic heterocycles. The molecule has 1 fully saturated rings. The number of nitrogen functional groups attached to an aromatic ring is 1. The third-order valence-corrected chi connectivity index (χ3v) is 8.50. The number of ether oxygens (including phenoxy) is 2. The molecule has 10 heteroatoms. The molecule has 5 N–H and O–H groups in total. The number of aromatic nitrogens is 1. The number of anilines is 3. The number of thioether (sulfide) groups is 1. The minimum Gasteiger partial charge on any atom is -0.397 e. The molecule has 1 aliphatic heterocycles. The lowest BCUT2D eigenvalue weighted by molar-refractivity contribution is -0.245. The molecule has 0 unspecified atom stereocenters. The summed E-state index contributed by atoms with van der Waals surface area (Å²) in [7, 11) is 0. The molecule has 9 nitrogen and oxygen atoms in total. The van der Waals surface area contributed by atoms with E-state index in [9.17, 15) is 14.7 Å². The highest BCUT2D eigenvalue weighted by Gasteiger charge is 2.32. The Morgan fingerprint density at radius 3 is 2.22 bits per heavy atom. The van der Waals surface area contributed by atoms with Gasteiger partial charge in [-0.05, 0) is 60.4 Å². The smallest absolute Gasteiger partial charge is 0.224 e. The molecule has 45 heavy (non-hydrogen) atoms. The van der Waals surface area contributed by atoms with E-state index in [2.05, 4.69) is 15.6 Å². The number of carbonyl (C=O) groups excluding carboxylic acids is 2. The normalized spacial score (nSPS) is 17.8. The van der Waals surface area contributed by atoms with E-state index in [1.807, 2.05) is 78.9 Å². The topological polar surface area (TPSA) is 136 Å². The second kappa shape index (κ2) is 16.2. The van der Waals surface area contributed by atoms with Crippen LogP contribution in [0.4, 0.5) is 17.1 Å². The number of benzene rings is 3. The Morgan fingerprint density at radius 2 is 1.53 bits per heavy atom. The lowest BCUT2D eigenvalue weighted by atomic mass is 10.0. The molecule has 0 spiro atoms. The number of carbonyl (C=O) groups is 2. The van der Waals surface area contributed by atoms with Gasteiger partial charge < -0.3 is 30.9 Å². The van der Waals surface area contributed by atoms with Crippen LogP contribution in [0.15, 0.2) is 102 Å². The van der Waals surface area contributed by atoms with E-state index in [1.54, 1.807) is 30.1 Å². The van der Waals surface area contributed by atoms with E-state index in [4.69, 9.17) is 15.2 Å². The summed E-state index contributed by atoms with van der Waals surface area (Å²) < 4.78 is 12.8. The molecule has 3 atom stereocenters. The summed E-state index contributed by atoms with van der Waals surface area (Å²) in [5, 5.41) is 16.1. The van der Waals surface area contributed by atoms with Crippen molar-refractivity contribution in [3.63, 3.8) is 0 Å². The molecule has 2 amide bonds. The fourth-order valence-electron chi connectivity index (χ4n) is 4.98. The quantitative estimate of drug-likeness (QED) is 0.0738. The van der Waals surface area contributed by atoms with E-state index in [0.29, 0.717) is 49.2 Å². The fraction of sp³-hybridized carbons (Fsp3) is 0.286. The molecule has 234 valence electrons. The van der Waals surface area contributed by atoms with E-state index in [0.717, 1.165) is 27.5 Å². The van der Waals surface area contributed by atoms with Gasteiger partial charge in [0, 0.05) is 42.5 Å². The zero-order chi connectivity index (χ0) is 31.4. The van der Waals surface area contributed by atoms with Crippen LogP contribution < -0.4 is 16.4 Å². The highest BCUT2D eigenvalue weighted by atomic mass is 32.2. The molecule has 2 heterocycles. The first kappa shape index (κ1) is 32.2. The lowest BCUT2D eigenvalue weighted by Gasteiger charge is -2.36. The second-order valence-corrected chi connectivity index (χ2v) is 11.9. The summed E-state index contributed by atoms with van der Waals surface area (Å²) in [6.07, 6.45) is 3.42. The largest absolute Gasteiger partial charge is 0.397 e. The number of unbranched alkanes of at least 4 members (excludes halogenated alkanes) is 1. The number of nitrogens with two attached hydrogens (primary N) is 1. The third-order valence-electron chi connectivity index (χ3n) is 7.43. The number of para-hydroxylation sites is 2. The molecule has 3 aromatic carbocycles. The summed E-state index contributed by atoms with van der Waals surface area (Å²) in [5.41, 5.74) is 10.4. The highest BCUT2D eigenvalue weighted by Crippen LogP contribution is 2.39. The van der Waals surface area contributed by atoms with Gasteiger partial charge in [0.1, 0.15) is 0 Å². The Kier molecular flexibility index (Phi) is 11.6. The highest BCUT2D eigenvalue weighted by molar-refractivity contribution is 7.99. The first-order valence-electron chi connectivity index (χ1n) is 15.1. The van der Waals surface area contributed by atoms with Crippen molar-refractivity contribution in [3.8, 4) is 0 Å². The maximum atomic E-state index is 12.6. The molecule has 1 aliphatic rings. The van der Waals surface area contributed by atoms with Gasteiger partial charge in [-0.1, -0.05) is 54.6 Å². The van der Waals surface area contributed by atoms with Gasteiger partial charge in [-0.3, -0.25) is 9.59 Å². The van der Waals surface area contributed by atoms with Crippen LogP contribution in [0, 0.1) is 0 Å². The van der Waals surface area contributed by atoms with E-state index in [1.165, 1.54) is 0 Å². The maximum absolute atomic E-state index is 12.6. The molecule has 1 saturated heterocycles. The first-order chi connectivity index (χ1) is 22.0. The molecular weight excluding hydrogens is 588 g/mol. The van der Waals surface area contributed by atoms with Crippen molar-refractivity contribution in [3.05, 3.63) is 114 Å². The Bertz CT molecular complexity index is 1540. The predicted octanol–water partition coefficient (Wildman–Crippen LogP) is 6.63. The monoisotopic (exact) mass is 626 g/mol. The van der Waals surface area contributed by atoms with Crippen molar-refractivity contribution in [2.75, 3.05) is 22.1 Å². The average Bonchev–Trinajstić information content (AvgIpc) is 3.07. The van der Waals surface area contributed by atoms with Gasteiger partial charge >= 0.3 is 0 Å². The van der Waals surface area contributed by atoms with Crippen LogP contribution in [0.1, 0.15) is 61.2 Å². The molecule has 0 radical (unpaired) electrons.